The number of hydrogen-bond donors (Lipinski definition) is 2. The third-order valence-corrected chi connectivity index (χ3v) is 3.25. The van der Waals surface area contributed by atoms with E-state index in [0.717, 1.165) is 19.3 Å². The number of hydrogen-bond acceptors (Lipinski definition) is 2. The predicted molar refractivity (Wildman–Crippen MR) is 61.3 cm³/mol. The summed E-state index contributed by atoms with van der Waals surface area (Å²) < 4.78 is 0. The van der Waals surface area contributed by atoms with E-state index in [9.17, 15) is 9.59 Å². The standard InChI is InChI=1S/C12H16N2O2/c1-8-3-2-4-10(8)14-12(16)9-7-13-6-5-11(9)15/h5-8,10H,2-4H2,1H3,(H,13,15)(H,14,16). The van der Waals surface area contributed by atoms with E-state index in [1.165, 1.54) is 18.5 Å². The van der Waals surface area contributed by atoms with Gasteiger partial charge in [-0.05, 0) is 18.8 Å². The summed E-state index contributed by atoms with van der Waals surface area (Å²) in [6, 6.07) is 1.58. The van der Waals surface area contributed by atoms with Gasteiger partial charge in [0.05, 0.1) is 0 Å². The molecule has 0 saturated heterocycles. The van der Waals surface area contributed by atoms with Gasteiger partial charge in [0.15, 0.2) is 5.43 Å². The smallest absolute Gasteiger partial charge is 0.256 e. The molecule has 1 fully saturated rings. The molecule has 2 rings (SSSR count). The van der Waals surface area contributed by atoms with Crippen LogP contribution in [0.2, 0.25) is 0 Å². The van der Waals surface area contributed by atoms with Gasteiger partial charge in [-0.25, -0.2) is 0 Å². The Morgan fingerprint density at radius 3 is 2.94 bits per heavy atom. The third-order valence-electron chi connectivity index (χ3n) is 3.25. The van der Waals surface area contributed by atoms with Gasteiger partial charge in [-0.3, -0.25) is 9.59 Å². The topological polar surface area (TPSA) is 62.0 Å². The van der Waals surface area contributed by atoms with Gasteiger partial charge in [-0.15, -0.1) is 0 Å². The number of pyridine rings is 1. The summed E-state index contributed by atoms with van der Waals surface area (Å²) in [6.07, 6.45) is 6.29. The van der Waals surface area contributed by atoms with Crippen LogP contribution in [0.4, 0.5) is 0 Å². The maximum absolute atomic E-state index is 11.8. The lowest BCUT2D eigenvalue weighted by atomic mass is 10.1. The van der Waals surface area contributed by atoms with Crippen molar-refractivity contribution < 1.29 is 4.79 Å². The first-order valence-electron chi connectivity index (χ1n) is 5.66. The summed E-state index contributed by atoms with van der Waals surface area (Å²) in [6.45, 7) is 2.13. The summed E-state index contributed by atoms with van der Waals surface area (Å²) >= 11 is 0. The first kappa shape index (κ1) is 10.9. The Balaban J connectivity index is 2.09. The summed E-state index contributed by atoms with van der Waals surface area (Å²) in [5.41, 5.74) is -0.0384. The van der Waals surface area contributed by atoms with E-state index in [2.05, 4.69) is 17.2 Å². The first-order chi connectivity index (χ1) is 7.68. The molecule has 1 aliphatic rings. The van der Waals surface area contributed by atoms with Crippen molar-refractivity contribution in [1.29, 1.82) is 0 Å². The fourth-order valence-corrected chi connectivity index (χ4v) is 2.20. The Morgan fingerprint density at radius 2 is 2.31 bits per heavy atom. The van der Waals surface area contributed by atoms with Crippen molar-refractivity contribution >= 4 is 5.91 Å². The molecule has 0 aliphatic heterocycles. The summed E-state index contributed by atoms with van der Waals surface area (Å²) in [5.74, 6) is 0.243. The van der Waals surface area contributed by atoms with Gasteiger partial charge in [0, 0.05) is 24.5 Å². The van der Waals surface area contributed by atoms with Gasteiger partial charge in [-0.1, -0.05) is 13.3 Å². The molecule has 2 unspecified atom stereocenters. The highest BCUT2D eigenvalue weighted by Crippen LogP contribution is 2.24. The van der Waals surface area contributed by atoms with E-state index in [1.807, 2.05) is 0 Å². The van der Waals surface area contributed by atoms with Crippen LogP contribution in [0.5, 0.6) is 0 Å². The van der Waals surface area contributed by atoms with Crippen LogP contribution in [0, 0.1) is 5.92 Å². The van der Waals surface area contributed by atoms with Gasteiger partial charge in [0.2, 0.25) is 0 Å². The second-order valence-corrected chi connectivity index (χ2v) is 4.41. The second-order valence-electron chi connectivity index (χ2n) is 4.41. The van der Waals surface area contributed by atoms with E-state index in [-0.39, 0.29) is 22.9 Å². The molecular formula is C12H16N2O2. The van der Waals surface area contributed by atoms with Crippen molar-refractivity contribution in [2.45, 2.75) is 32.2 Å². The van der Waals surface area contributed by atoms with Crippen LogP contribution in [-0.4, -0.2) is 16.9 Å². The summed E-state index contributed by atoms with van der Waals surface area (Å²) in [5, 5.41) is 2.93. The van der Waals surface area contributed by atoms with Gasteiger partial charge in [-0.2, -0.15) is 0 Å². The van der Waals surface area contributed by atoms with E-state index in [4.69, 9.17) is 0 Å². The van der Waals surface area contributed by atoms with Gasteiger partial charge >= 0.3 is 0 Å². The quantitative estimate of drug-likeness (QED) is 0.789. The van der Waals surface area contributed by atoms with Crippen molar-refractivity contribution in [1.82, 2.24) is 10.3 Å². The largest absolute Gasteiger partial charge is 0.367 e. The molecule has 0 spiro atoms. The Bertz CT molecular complexity index is 439. The minimum absolute atomic E-state index is 0.196. The number of carbonyl (C=O) groups excluding carboxylic acids is 1. The predicted octanol–water partition coefficient (Wildman–Crippen LogP) is 1.29. The molecule has 1 amide bonds. The monoisotopic (exact) mass is 220 g/mol. The number of aromatic nitrogens is 1. The zero-order chi connectivity index (χ0) is 11.5. The molecule has 1 saturated carbocycles. The van der Waals surface area contributed by atoms with Gasteiger partial charge in [0.1, 0.15) is 5.56 Å². The third kappa shape index (κ3) is 2.15. The lowest BCUT2D eigenvalue weighted by molar-refractivity contribution is 0.0928. The van der Waals surface area contributed by atoms with Crippen LogP contribution < -0.4 is 10.7 Å². The van der Waals surface area contributed by atoms with Crippen LogP contribution in [0.1, 0.15) is 36.5 Å². The molecule has 0 aromatic carbocycles. The van der Waals surface area contributed by atoms with E-state index in [0.29, 0.717) is 5.92 Å². The number of aromatic amines is 1. The lowest BCUT2D eigenvalue weighted by Crippen LogP contribution is -2.38. The highest BCUT2D eigenvalue weighted by atomic mass is 16.2. The average molecular weight is 220 g/mol. The van der Waals surface area contributed by atoms with E-state index in [1.54, 1.807) is 0 Å². The molecule has 2 atom stereocenters. The summed E-state index contributed by atoms with van der Waals surface area (Å²) in [7, 11) is 0. The Kier molecular flexibility index (Phi) is 3.08. The molecule has 86 valence electrons. The molecule has 1 aromatic rings. The molecular weight excluding hydrogens is 204 g/mol. The van der Waals surface area contributed by atoms with Crippen LogP contribution in [0.3, 0.4) is 0 Å². The zero-order valence-electron chi connectivity index (χ0n) is 9.32. The molecule has 4 heteroatoms. The lowest BCUT2D eigenvalue weighted by Gasteiger charge is -2.16. The molecule has 1 aliphatic carbocycles. The van der Waals surface area contributed by atoms with Gasteiger partial charge in [0.25, 0.3) is 5.91 Å². The van der Waals surface area contributed by atoms with Crippen LogP contribution in [0.15, 0.2) is 23.3 Å². The van der Waals surface area contributed by atoms with Gasteiger partial charge < -0.3 is 10.3 Å². The number of carbonyl (C=O) groups is 1. The maximum atomic E-state index is 11.8. The highest BCUT2D eigenvalue weighted by Gasteiger charge is 2.25. The van der Waals surface area contributed by atoms with Crippen molar-refractivity contribution in [3.63, 3.8) is 0 Å². The Labute approximate surface area is 94.1 Å². The Morgan fingerprint density at radius 1 is 1.50 bits per heavy atom. The minimum atomic E-state index is -0.263. The Hall–Kier alpha value is -1.58. The fraction of sp³-hybridized carbons (Fsp3) is 0.500. The van der Waals surface area contributed by atoms with Crippen LogP contribution in [0.25, 0.3) is 0 Å². The average Bonchev–Trinajstić information content (AvgIpc) is 2.65. The molecule has 2 N–H and O–H groups in total. The molecule has 1 aromatic heterocycles. The normalized spacial score (nSPS) is 24.3. The molecule has 0 bridgehead atoms. The first-order valence-corrected chi connectivity index (χ1v) is 5.66. The minimum Gasteiger partial charge on any atom is -0.367 e. The second kappa shape index (κ2) is 4.51. The molecule has 1 heterocycles. The molecule has 0 radical (unpaired) electrons. The summed E-state index contributed by atoms with van der Waals surface area (Å²) in [4.78, 5) is 26.0. The maximum Gasteiger partial charge on any atom is 0.256 e. The number of amides is 1. The van der Waals surface area contributed by atoms with E-state index >= 15 is 0 Å². The van der Waals surface area contributed by atoms with Crippen molar-refractivity contribution in [3.8, 4) is 0 Å². The number of H-pyrrole nitrogens is 1. The van der Waals surface area contributed by atoms with Crippen LogP contribution in [-0.2, 0) is 0 Å². The van der Waals surface area contributed by atoms with Crippen molar-refractivity contribution in [2.24, 2.45) is 5.92 Å². The number of nitrogens with one attached hydrogen (secondary N) is 2. The van der Waals surface area contributed by atoms with Crippen molar-refractivity contribution in [2.75, 3.05) is 0 Å². The van der Waals surface area contributed by atoms with Crippen molar-refractivity contribution in [3.05, 3.63) is 34.2 Å². The van der Waals surface area contributed by atoms with Crippen LogP contribution >= 0.6 is 0 Å². The van der Waals surface area contributed by atoms with E-state index < -0.39 is 0 Å². The highest BCUT2D eigenvalue weighted by molar-refractivity contribution is 5.93. The molecule has 16 heavy (non-hydrogen) atoms. The fourth-order valence-electron chi connectivity index (χ4n) is 2.20. The molecule has 4 nitrogen and oxygen atoms in total. The number of rotatable bonds is 2. The SMILES string of the molecule is CC1CCCC1NC(=O)c1c[nH]ccc1=O. The zero-order valence-corrected chi connectivity index (χ0v) is 9.32.